The topological polar surface area (TPSA) is 69.9 Å². The number of carbonyl (C=O) groups excluding carboxylic acids is 2. The molecule has 0 amide bonds. The summed E-state index contributed by atoms with van der Waals surface area (Å²) in [5.74, 6) is -0.255. The van der Waals surface area contributed by atoms with Gasteiger partial charge in [0.1, 0.15) is 11.5 Å². The molecule has 3 aromatic rings. The molecule has 2 heterocycles. The Balaban J connectivity index is 1.97. The highest BCUT2D eigenvalue weighted by Crippen LogP contribution is 2.39. The average Bonchev–Trinajstić information content (AvgIpc) is 2.88. The predicted molar refractivity (Wildman–Crippen MR) is 98.8 cm³/mol. The average molecular weight is 350 g/mol. The fourth-order valence-electron chi connectivity index (χ4n) is 3.50. The van der Waals surface area contributed by atoms with Crippen LogP contribution in [0.4, 0.5) is 0 Å². The zero-order chi connectivity index (χ0) is 18.3. The zero-order valence-electron chi connectivity index (χ0n) is 14.6. The van der Waals surface area contributed by atoms with Gasteiger partial charge in [-0.2, -0.15) is 0 Å². The van der Waals surface area contributed by atoms with E-state index in [4.69, 9.17) is 4.74 Å². The first-order valence-electron chi connectivity index (χ1n) is 8.57. The molecule has 6 heteroatoms. The molecule has 6 nitrogen and oxygen atoms in total. The molecular weight excluding hydrogens is 332 g/mol. The van der Waals surface area contributed by atoms with Crippen LogP contribution in [0.1, 0.15) is 30.6 Å². The lowest BCUT2D eigenvalue weighted by molar-refractivity contribution is -0.140. The van der Waals surface area contributed by atoms with Gasteiger partial charge in [0.05, 0.1) is 23.1 Å². The van der Waals surface area contributed by atoms with Gasteiger partial charge in [-0.15, -0.1) is 0 Å². The largest absolute Gasteiger partial charge is 0.492 e. The van der Waals surface area contributed by atoms with Crippen LogP contribution in [0.5, 0.6) is 5.75 Å². The van der Waals surface area contributed by atoms with E-state index in [1.165, 1.54) is 6.92 Å². The van der Waals surface area contributed by atoms with E-state index < -0.39 is 5.97 Å². The number of benzene rings is 2. The van der Waals surface area contributed by atoms with Crippen molar-refractivity contribution in [2.45, 2.75) is 26.8 Å². The normalized spacial score (nSPS) is 15.8. The van der Waals surface area contributed by atoms with Crippen LogP contribution >= 0.6 is 0 Å². The number of carbonyl (C=O) groups is 2. The Bertz CT molecular complexity index is 1080. The van der Waals surface area contributed by atoms with Crippen LogP contribution in [-0.2, 0) is 16.2 Å². The van der Waals surface area contributed by atoms with Crippen LogP contribution in [0.25, 0.3) is 21.8 Å². The van der Waals surface area contributed by atoms with E-state index in [2.05, 4.69) is 27.6 Å². The minimum Gasteiger partial charge on any atom is -0.492 e. The molecule has 0 aliphatic carbocycles. The third-order valence-corrected chi connectivity index (χ3v) is 4.58. The van der Waals surface area contributed by atoms with Crippen molar-refractivity contribution in [3.05, 3.63) is 42.0 Å². The van der Waals surface area contributed by atoms with Crippen LogP contribution in [-0.4, -0.2) is 28.6 Å². The number of aryl methyl sites for hydroxylation is 1. The second-order valence-corrected chi connectivity index (χ2v) is 6.15. The summed E-state index contributed by atoms with van der Waals surface area (Å²) in [7, 11) is 0. The summed E-state index contributed by atoms with van der Waals surface area (Å²) in [5, 5.41) is 5.70. The second kappa shape index (κ2) is 6.29. The van der Waals surface area contributed by atoms with Gasteiger partial charge in [0.25, 0.3) is 0 Å². The first kappa shape index (κ1) is 16.3. The molecule has 1 aliphatic rings. The van der Waals surface area contributed by atoms with Gasteiger partial charge in [-0.1, -0.05) is 23.4 Å². The fraction of sp³-hybridized carbons (Fsp3) is 0.250. The van der Waals surface area contributed by atoms with Gasteiger partial charge < -0.3 is 14.1 Å². The summed E-state index contributed by atoms with van der Waals surface area (Å²) >= 11 is 0. The van der Waals surface area contributed by atoms with E-state index in [-0.39, 0.29) is 17.9 Å². The predicted octanol–water partition coefficient (Wildman–Crippen LogP) is 3.70. The summed E-state index contributed by atoms with van der Waals surface area (Å²) in [5.41, 5.74) is 2.77. The van der Waals surface area contributed by atoms with Gasteiger partial charge in [-0.05, 0) is 25.1 Å². The molecule has 0 radical (unpaired) electrons. The van der Waals surface area contributed by atoms with Crippen LogP contribution in [0.3, 0.4) is 0 Å². The highest BCUT2D eigenvalue weighted by molar-refractivity contribution is 6.47. The van der Waals surface area contributed by atoms with Crippen molar-refractivity contribution in [3.63, 3.8) is 0 Å². The number of hydrogen-bond donors (Lipinski definition) is 0. The number of rotatable bonds is 2. The number of para-hydroxylation sites is 1. The first-order chi connectivity index (χ1) is 12.6. The molecule has 26 heavy (non-hydrogen) atoms. The van der Waals surface area contributed by atoms with Gasteiger partial charge in [-0.25, -0.2) is 4.79 Å². The maximum atomic E-state index is 12.9. The molecule has 1 aliphatic heterocycles. The highest BCUT2D eigenvalue weighted by Gasteiger charge is 2.27. The molecule has 0 atom stereocenters. The van der Waals surface area contributed by atoms with E-state index in [9.17, 15) is 9.59 Å². The van der Waals surface area contributed by atoms with Crippen LogP contribution in [0.15, 0.2) is 41.6 Å². The minimum absolute atomic E-state index is 0.192. The van der Waals surface area contributed by atoms with Gasteiger partial charge in [0.2, 0.25) is 5.78 Å². The maximum absolute atomic E-state index is 12.9. The van der Waals surface area contributed by atoms with Gasteiger partial charge >= 0.3 is 5.97 Å². The van der Waals surface area contributed by atoms with E-state index in [0.717, 1.165) is 28.4 Å². The van der Waals surface area contributed by atoms with E-state index in [0.29, 0.717) is 17.9 Å². The van der Waals surface area contributed by atoms with E-state index >= 15 is 0 Å². The summed E-state index contributed by atoms with van der Waals surface area (Å²) in [4.78, 5) is 28.6. The summed E-state index contributed by atoms with van der Waals surface area (Å²) in [6.45, 7) is 4.45. The number of oxime groups is 1. The minimum atomic E-state index is -0.558. The molecule has 0 N–H and O–H groups in total. The molecule has 0 unspecified atom stereocenters. The summed E-state index contributed by atoms with van der Waals surface area (Å²) < 4.78 is 8.19. The molecule has 0 bridgehead atoms. The fourth-order valence-corrected chi connectivity index (χ4v) is 3.50. The number of Topliss-reactive ketones (excluding diaryl/α,β-unsaturated/α-hetero) is 1. The lowest BCUT2D eigenvalue weighted by atomic mass is 10.0. The van der Waals surface area contributed by atoms with Crippen LogP contribution < -0.4 is 4.74 Å². The highest BCUT2D eigenvalue weighted by atomic mass is 16.7. The number of fused-ring (bicyclic) bond motifs is 5. The van der Waals surface area contributed by atoms with Crippen LogP contribution in [0, 0.1) is 0 Å². The molecule has 0 spiro atoms. The zero-order valence-corrected chi connectivity index (χ0v) is 14.6. The van der Waals surface area contributed by atoms with Gasteiger partial charge in [-0.3, -0.25) is 4.79 Å². The third kappa shape index (κ3) is 2.45. The van der Waals surface area contributed by atoms with Crippen molar-refractivity contribution < 1.29 is 19.2 Å². The monoisotopic (exact) mass is 350 g/mol. The maximum Gasteiger partial charge on any atom is 0.331 e. The standard InChI is InChI=1S/C20H18N2O4/c1-3-22-16-7-5-4-6-13(16)18-17(22)9-8-14-19(24)15(21-26-12(2)23)10-11-25-20(14)18/h4-9H,3,10-11H2,1-2H3/b21-15+. The molecule has 0 saturated carbocycles. The number of ketones is 1. The van der Waals surface area contributed by atoms with Crippen molar-refractivity contribution >= 4 is 39.3 Å². The quantitative estimate of drug-likeness (QED) is 0.522. The Morgan fingerprint density at radius 2 is 2.04 bits per heavy atom. The number of ether oxygens (including phenoxy) is 1. The van der Waals surface area contributed by atoms with Crippen molar-refractivity contribution in [1.82, 2.24) is 4.57 Å². The van der Waals surface area contributed by atoms with Crippen molar-refractivity contribution in [2.75, 3.05) is 6.61 Å². The molecule has 132 valence electrons. The third-order valence-electron chi connectivity index (χ3n) is 4.58. The Morgan fingerprint density at radius 1 is 1.23 bits per heavy atom. The molecular formula is C20H18N2O4. The van der Waals surface area contributed by atoms with E-state index in [1.54, 1.807) is 6.07 Å². The number of aromatic nitrogens is 1. The van der Waals surface area contributed by atoms with Gasteiger partial charge in [0, 0.05) is 30.8 Å². The summed E-state index contributed by atoms with van der Waals surface area (Å²) in [6.07, 6.45) is 0.286. The van der Waals surface area contributed by atoms with Crippen molar-refractivity contribution in [2.24, 2.45) is 5.16 Å². The molecule has 0 saturated heterocycles. The lowest BCUT2D eigenvalue weighted by Gasteiger charge is -2.09. The first-order valence-corrected chi connectivity index (χ1v) is 8.57. The summed E-state index contributed by atoms with van der Waals surface area (Å²) in [6, 6.07) is 11.8. The second-order valence-electron chi connectivity index (χ2n) is 6.15. The Morgan fingerprint density at radius 3 is 2.81 bits per heavy atom. The van der Waals surface area contributed by atoms with Crippen molar-refractivity contribution in [3.8, 4) is 5.75 Å². The Hall–Kier alpha value is -3.15. The molecule has 2 aromatic carbocycles. The number of hydrogen-bond acceptors (Lipinski definition) is 5. The molecule has 1 aromatic heterocycles. The Kier molecular flexibility index (Phi) is 3.95. The van der Waals surface area contributed by atoms with E-state index in [1.807, 2.05) is 24.3 Å². The molecule has 0 fully saturated rings. The number of nitrogens with zero attached hydrogens (tertiary/aromatic N) is 2. The Labute approximate surface area is 150 Å². The van der Waals surface area contributed by atoms with Crippen molar-refractivity contribution in [1.29, 1.82) is 0 Å². The molecule has 4 rings (SSSR count). The lowest BCUT2D eigenvalue weighted by Crippen LogP contribution is -2.15. The smallest absolute Gasteiger partial charge is 0.331 e. The SMILES string of the molecule is CCn1c2ccccc2c2c3c(ccc21)C(=O)/C(=N/OC(C)=O)CCO3. The van der Waals surface area contributed by atoms with Crippen LogP contribution in [0.2, 0.25) is 0 Å². The van der Waals surface area contributed by atoms with Gasteiger partial charge in [0.15, 0.2) is 0 Å².